The summed E-state index contributed by atoms with van der Waals surface area (Å²) in [5, 5.41) is 9.66. The highest BCUT2D eigenvalue weighted by Crippen LogP contribution is 2.75. The minimum absolute atomic E-state index is 0.00450. The van der Waals surface area contributed by atoms with Crippen molar-refractivity contribution in [2.75, 3.05) is 18.0 Å². The van der Waals surface area contributed by atoms with E-state index < -0.39 is 35.1 Å². The van der Waals surface area contributed by atoms with Gasteiger partial charge in [0.05, 0.1) is 17.6 Å². The third-order valence-corrected chi connectivity index (χ3v) is 10.4. The molecule has 13 heteroatoms. The maximum atomic E-state index is 13.7. The highest BCUT2D eigenvalue weighted by atomic mass is 35.5. The van der Waals surface area contributed by atoms with Crippen LogP contribution in [0.4, 0.5) is 32.2 Å². The van der Waals surface area contributed by atoms with Crippen molar-refractivity contribution >= 4 is 17.4 Å². The molecule has 4 aliphatic carbocycles. The Labute approximate surface area is 236 Å². The first-order valence-corrected chi connectivity index (χ1v) is 14.0. The Balaban J connectivity index is 1.02. The third kappa shape index (κ3) is 3.58. The van der Waals surface area contributed by atoms with Crippen molar-refractivity contribution in [2.24, 2.45) is 10.8 Å². The molecule has 0 unspecified atom stereocenters. The number of halogens is 7. The van der Waals surface area contributed by atoms with Gasteiger partial charge in [-0.25, -0.2) is 18.2 Å². The van der Waals surface area contributed by atoms with Crippen LogP contribution in [-0.2, 0) is 13.1 Å². The second-order valence-corrected chi connectivity index (χ2v) is 13.2. The van der Waals surface area contributed by atoms with Gasteiger partial charge in [0.2, 0.25) is 0 Å². The van der Waals surface area contributed by atoms with Crippen LogP contribution in [0.3, 0.4) is 0 Å². The Morgan fingerprint density at radius 1 is 0.976 bits per heavy atom. The minimum Gasteiger partial charge on any atom is -0.355 e. The van der Waals surface area contributed by atoms with Gasteiger partial charge in [-0.2, -0.15) is 13.2 Å². The molecule has 1 aromatic carbocycles. The van der Waals surface area contributed by atoms with Crippen LogP contribution in [0.5, 0.6) is 0 Å². The third-order valence-electron chi connectivity index (χ3n) is 10.2. The lowest BCUT2D eigenvalue weighted by atomic mass is 9.38. The van der Waals surface area contributed by atoms with Gasteiger partial charge in [-0.1, -0.05) is 11.6 Å². The summed E-state index contributed by atoms with van der Waals surface area (Å²) in [4.78, 5) is 7.86. The number of hydrogen-bond acceptors (Lipinski definition) is 5. The van der Waals surface area contributed by atoms with Gasteiger partial charge in [0.15, 0.2) is 11.6 Å². The summed E-state index contributed by atoms with van der Waals surface area (Å²) in [5.41, 5.74) is -1.03. The summed E-state index contributed by atoms with van der Waals surface area (Å²) in [5.74, 6) is 0.981. The van der Waals surface area contributed by atoms with Crippen LogP contribution in [0.15, 0.2) is 30.3 Å². The summed E-state index contributed by atoms with van der Waals surface area (Å²) in [6.07, 6.45) is -5.15. The van der Waals surface area contributed by atoms with Gasteiger partial charge in [-0.15, -0.1) is 10.2 Å². The fraction of sp³-hybridized carbons (Fsp3) is 0.536. The van der Waals surface area contributed by atoms with Gasteiger partial charge in [0, 0.05) is 41.5 Å². The van der Waals surface area contributed by atoms with Gasteiger partial charge < -0.3 is 4.90 Å². The van der Waals surface area contributed by atoms with E-state index in [2.05, 4.69) is 24.6 Å². The normalized spacial score (nSPS) is 28.3. The topological polar surface area (TPSA) is 50.1 Å². The number of hydrogen-bond donors (Lipinski definition) is 0. The van der Waals surface area contributed by atoms with Crippen LogP contribution in [-0.4, -0.2) is 49.5 Å². The molecule has 9 rings (SSSR count). The van der Waals surface area contributed by atoms with Gasteiger partial charge in [0.1, 0.15) is 17.3 Å². The summed E-state index contributed by atoms with van der Waals surface area (Å²) in [6.45, 7) is 2.16. The Bertz CT molecular complexity index is 1550. The van der Waals surface area contributed by atoms with Crippen LogP contribution in [0.1, 0.15) is 67.4 Å². The molecule has 6 aliphatic rings. The van der Waals surface area contributed by atoms with E-state index in [-0.39, 0.29) is 30.6 Å². The fourth-order valence-corrected chi connectivity index (χ4v) is 8.32. The Morgan fingerprint density at radius 3 is 2.39 bits per heavy atom. The van der Waals surface area contributed by atoms with Crippen LogP contribution in [0.2, 0.25) is 5.02 Å². The quantitative estimate of drug-likeness (QED) is 0.320. The van der Waals surface area contributed by atoms with Crippen molar-refractivity contribution in [3.05, 3.63) is 64.1 Å². The standard InChI is InChI=1S/C28H25ClF6N6/c29-17-1-3-19-15(5-17)8-40(27-10-26(11-27,12-27)28(33,34)35)9-21-37-38-24(41(19)21)16-6-25(7-16)13-39(14-25)20-4-2-18(30)22(36-20)23(31)32/h1-5,16,23H,6-14H2. The molecule has 3 aromatic rings. The number of alkyl halides is 5. The molecule has 0 atom stereocenters. The van der Waals surface area contributed by atoms with Gasteiger partial charge in [0.25, 0.3) is 6.43 Å². The van der Waals surface area contributed by atoms with Gasteiger partial charge in [-0.05, 0) is 68.0 Å². The van der Waals surface area contributed by atoms with Crippen LogP contribution < -0.4 is 4.90 Å². The number of aromatic nitrogens is 4. The largest absolute Gasteiger partial charge is 0.394 e. The van der Waals surface area contributed by atoms with Crippen molar-refractivity contribution < 1.29 is 26.3 Å². The van der Waals surface area contributed by atoms with E-state index in [1.807, 2.05) is 17.0 Å². The average molecular weight is 595 g/mol. The molecule has 2 bridgehead atoms. The first-order valence-electron chi connectivity index (χ1n) is 13.6. The van der Waals surface area contributed by atoms with Gasteiger partial charge >= 0.3 is 6.18 Å². The molecule has 1 saturated heterocycles. The minimum atomic E-state index is -4.18. The van der Waals surface area contributed by atoms with Crippen molar-refractivity contribution in [3.63, 3.8) is 0 Å². The van der Waals surface area contributed by atoms with E-state index in [4.69, 9.17) is 11.6 Å². The zero-order valence-corrected chi connectivity index (χ0v) is 22.5. The lowest BCUT2D eigenvalue weighted by Crippen LogP contribution is -2.78. The average Bonchev–Trinajstić information content (AvgIpc) is 3.11. The maximum Gasteiger partial charge on any atom is 0.394 e. The molecule has 6 nitrogen and oxygen atoms in total. The maximum absolute atomic E-state index is 13.7. The van der Waals surface area contributed by atoms with E-state index >= 15 is 0 Å². The SMILES string of the molecule is Fc1ccc(N2CC3(CC(c4nnc5n4-c4ccc(Cl)cc4CN(C46CC(C(F)(F)F)(C4)C6)C5)C3)C2)nc1C(F)F. The molecule has 0 amide bonds. The van der Waals surface area contributed by atoms with E-state index in [1.54, 1.807) is 6.07 Å². The molecule has 2 aliphatic heterocycles. The predicted octanol–water partition coefficient (Wildman–Crippen LogP) is 6.58. The van der Waals surface area contributed by atoms with E-state index in [9.17, 15) is 26.3 Å². The monoisotopic (exact) mass is 594 g/mol. The number of pyridine rings is 1. The molecular formula is C28H25ClF6N6. The molecule has 216 valence electrons. The molecular weight excluding hydrogens is 570 g/mol. The molecule has 4 saturated carbocycles. The van der Waals surface area contributed by atoms with Crippen molar-refractivity contribution in [1.82, 2.24) is 24.6 Å². The van der Waals surface area contributed by atoms with E-state index in [0.29, 0.717) is 42.8 Å². The molecule has 41 heavy (non-hydrogen) atoms. The Kier molecular flexibility index (Phi) is 5.13. The van der Waals surface area contributed by atoms with Crippen LogP contribution >= 0.6 is 11.6 Å². The molecule has 0 N–H and O–H groups in total. The fourth-order valence-electron chi connectivity index (χ4n) is 8.12. The van der Waals surface area contributed by atoms with Crippen LogP contribution in [0.25, 0.3) is 5.69 Å². The highest BCUT2D eigenvalue weighted by Gasteiger charge is 2.80. The van der Waals surface area contributed by atoms with Crippen molar-refractivity contribution in [3.8, 4) is 5.69 Å². The summed E-state index contributed by atoms with van der Waals surface area (Å²) in [7, 11) is 0. The zero-order chi connectivity index (χ0) is 28.5. The molecule has 4 heterocycles. The Hall–Kier alpha value is -2.86. The summed E-state index contributed by atoms with van der Waals surface area (Å²) >= 11 is 6.36. The lowest BCUT2D eigenvalue weighted by molar-refractivity contribution is -0.364. The Morgan fingerprint density at radius 2 is 1.71 bits per heavy atom. The van der Waals surface area contributed by atoms with E-state index in [0.717, 1.165) is 36.0 Å². The van der Waals surface area contributed by atoms with Crippen LogP contribution in [0, 0.1) is 16.6 Å². The number of benzene rings is 1. The summed E-state index contributed by atoms with van der Waals surface area (Å²) < 4.78 is 82.7. The first-order chi connectivity index (χ1) is 19.4. The van der Waals surface area contributed by atoms with Gasteiger partial charge in [-0.3, -0.25) is 9.47 Å². The van der Waals surface area contributed by atoms with Crippen molar-refractivity contribution in [2.45, 2.75) is 69.3 Å². The second kappa shape index (κ2) is 8.15. The molecule has 1 spiro atoms. The zero-order valence-electron chi connectivity index (χ0n) is 21.7. The number of fused-ring (bicyclic) bond motifs is 3. The molecule has 5 fully saturated rings. The second-order valence-electron chi connectivity index (χ2n) is 12.8. The number of nitrogens with zero attached hydrogens (tertiary/aromatic N) is 6. The summed E-state index contributed by atoms with van der Waals surface area (Å²) in [6, 6.07) is 8.07. The van der Waals surface area contributed by atoms with E-state index in [1.165, 1.54) is 6.07 Å². The first kappa shape index (κ1) is 25.8. The number of rotatable bonds is 4. The molecule has 2 aromatic heterocycles. The van der Waals surface area contributed by atoms with Crippen molar-refractivity contribution in [1.29, 1.82) is 0 Å². The number of anilines is 1. The smallest absolute Gasteiger partial charge is 0.355 e. The highest BCUT2D eigenvalue weighted by molar-refractivity contribution is 6.30. The predicted molar refractivity (Wildman–Crippen MR) is 136 cm³/mol. The lowest BCUT2D eigenvalue weighted by Gasteiger charge is -2.73. The molecule has 0 radical (unpaired) electrons.